The highest BCUT2D eigenvalue weighted by atomic mass is 19.1. The molecule has 1 aromatic heterocycles. The normalized spacial score (nSPS) is 12.5. The van der Waals surface area contributed by atoms with Gasteiger partial charge in [-0.1, -0.05) is 13.0 Å². The average molecular weight is 471 g/mol. The zero-order valence-electron chi connectivity index (χ0n) is 18.8. The van der Waals surface area contributed by atoms with Crippen molar-refractivity contribution in [1.29, 1.82) is 0 Å². The van der Waals surface area contributed by atoms with Crippen molar-refractivity contribution in [3.8, 4) is 5.75 Å². The van der Waals surface area contributed by atoms with Gasteiger partial charge in [0.1, 0.15) is 12.4 Å². The van der Waals surface area contributed by atoms with Crippen molar-refractivity contribution in [3.05, 3.63) is 60.5 Å². The highest BCUT2D eigenvalue weighted by Crippen LogP contribution is 2.25. The summed E-state index contributed by atoms with van der Waals surface area (Å²) in [7, 11) is 1.60. The summed E-state index contributed by atoms with van der Waals surface area (Å²) >= 11 is 0. The zero-order chi connectivity index (χ0) is 24.6. The number of amides is 1. The van der Waals surface area contributed by atoms with Crippen molar-refractivity contribution in [1.82, 2.24) is 9.97 Å². The van der Waals surface area contributed by atoms with E-state index in [2.05, 4.69) is 25.9 Å². The molecular formula is C23H27FN6O4. The Bertz CT molecular complexity index is 1110. The van der Waals surface area contributed by atoms with Crippen LogP contribution in [0.15, 0.2) is 54.7 Å². The number of aromatic nitrogens is 2. The Hall–Kier alpha value is -3.96. The van der Waals surface area contributed by atoms with Gasteiger partial charge in [0.2, 0.25) is 11.7 Å². The van der Waals surface area contributed by atoms with E-state index in [-0.39, 0.29) is 18.2 Å². The molecule has 0 radical (unpaired) electrons. The van der Waals surface area contributed by atoms with E-state index in [0.717, 1.165) is 6.20 Å². The largest absolute Gasteiger partial charge is 0.491 e. The Kier molecular flexibility index (Phi) is 8.17. The Morgan fingerprint density at radius 2 is 1.85 bits per heavy atom. The van der Waals surface area contributed by atoms with Crippen LogP contribution in [0.1, 0.15) is 13.3 Å². The van der Waals surface area contributed by atoms with E-state index >= 15 is 0 Å². The predicted octanol–water partition coefficient (Wildman–Crippen LogP) is 3.12. The van der Waals surface area contributed by atoms with Crippen LogP contribution in [0.5, 0.6) is 5.75 Å². The van der Waals surface area contributed by atoms with E-state index in [0.29, 0.717) is 36.0 Å². The second kappa shape index (κ2) is 11.3. The number of carbonyl (C=O) groups excluding carboxylic acids is 1. The molecular weight excluding hydrogens is 443 g/mol. The number of primary amides is 1. The molecule has 0 fully saturated rings. The molecule has 0 aliphatic heterocycles. The van der Waals surface area contributed by atoms with Crippen molar-refractivity contribution < 1.29 is 23.8 Å². The SMILES string of the molecule is CCC(O)(Nc1cccc(Nc2nc(Nc3ccc(OCCOC)cc3)ncc2F)c1)C(N)=O. The molecule has 1 heterocycles. The van der Waals surface area contributed by atoms with Gasteiger partial charge in [0.05, 0.1) is 12.8 Å². The molecule has 1 atom stereocenters. The topological polar surface area (TPSA) is 144 Å². The second-order valence-electron chi connectivity index (χ2n) is 7.29. The molecule has 0 spiro atoms. The molecule has 3 rings (SSSR count). The number of nitrogens with two attached hydrogens (primary N) is 1. The molecule has 2 aromatic carbocycles. The van der Waals surface area contributed by atoms with E-state index < -0.39 is 17.4 Å². The van der Waals surface area contributed by atoms with Crippen molar-refractivity contribution in [3.63, 3.8) is 0 Å². The monoisotopic (exact) mass is 470 g/mol. The fourth-order valence-electron chi connectivity index (χ4n) is 2.90. The maximum Gasteiger partial charge on any atom is 0.270 e. The summed E-state index contributed by atoms with van der Waals surface area (Å²) in [6.07, 6.45) is 1.11. The highest BCUT2D eigenvalue weighted by Gasteiger charge is 2.31. The number of nitrogens with zero attached hydrogens (tertiary/aromatic N) is 2. The smallest absolute Gasteiger partial charge is 0.270 e. The Morgan fingerprint density at radius 1 is 1.12 bits per heavy atom. The molecule has 34 heavy (non-hydrogen) atoms. The number of halogens is 1. The van der Waals surface area contributed by atoms with Gasteiger partial charge in [-0.3, -0.25) is 4.79 Å². The van der Waals surface area contributed by atoms with Gasteiger partial charge in [0, 0.05) is 30.6 Å². The highest BCUT2D eigenvalue weighted by molar-refractivity contribution is 5.86. The van der Waals surface area contributed by atoms with E-state index in [4.69, 9.17) is 15.2 Å². The van der Waals surface area contributed by atoms with Gasteiger partial charge < -0.3 is 36.3 Å². The fourth-order valence-corrected chi connectivity index (χ4v) is 2.90. The van der Waals surface area contributed by atoms with Crippen LogP contribution in [0.4, 0.5) is 33.2 Å². The van der Waals surface area contributed by atoms with E-state index in [1.807, 2.05) is 0 Å². The first-order valence-electron chi connectivity index (χ1n) is 10.5. The first-order valence-corrected chi connectivity index (χ1v) is 10.5. The third-order valence-electron chi connectivity index (χ3n) is 4.81. The summed E-state index contributed by atoms with van der Waals surface area (Å²) in [5.74, 6) is -0.756. The Balaban J connectivity index is 1.70. The summed E-state index contributed by atoms with van der Waals surface area (Å²) in [6, 6.07) is 13.7. The van der Waals surface area contributed by atoms with Gasteiger partial charge in [0.15, 0.2) is 11.6 Å². The van der Waals surface area contributed by atoms with Crippen LogP contribution in [0.3, 0.4) is 0 Å². The standard InChI is InChI=1S/C23H27FN6O4/c1-3-23(32,21(25)31)30-17-6-4-5-16(13-17)27-20-19(24)14-26-22(29-20)28-15-7-9-18(10-8-15)34-12-11-33-2/h4-10,13-14,30,32H,3,11-12H2,1-2H3,(H2,25,31)(H2,26,27,28,29). The first-order chi connectivity index (χ1) is 16.3. The van der Waals surface area contributed by atoms with Crippen molar-refractivity contribution in [2.24, 2.45) is 5.73 Å². The molecule has 0 saturated heterocycles. The maximum absolute atomic E-state index is 14.4. The first kappa shape index (κ1) is 24.7. The molecule has 1 unspecified atom stereocenters. The lowest BCUT2D eigenvalue weighted by atomic mass is 10.1. The minimum atomic E-state index is -1.90. The van der Waals surface area contributed by atoms with Gasteiger partial charge in [0.25, 0.3) is 5.91 Å². The van der Waals surface area contributed by atoms with Gasteiger partial charge in [-0.15, -0.1) is 0 Å². The van der Waals surface area contributed by atoms with Crippen LogP contribution in [0, 0.1) is 5.82 Å². The molecule has 0 bridgehead atoms. The van der Waals surface area contributed by atoms with Crippen LogP contribution in [-0.4, -0.2) is 47.0 Å². The number of methoxy groups -OCH3 is 1. The fraction of sp³-hybridized carbons (Fsp3) is 0.261. The number of aliphatic hydroxyl groups is 1. The zero-order valence-corrected chi connectivity index (χ0v) is 18.8. The molecule has 6 N–H and O–H groups in total. The van der Waals surface area contributed by atoms with E-state index in [9.17, 15) is 14.3 Å². The second-order valence-corrected chi connectivity index (χ2v) is 7.29. The number of hydrogen-bond donors (Lipinski definition) is 5. The number of anilines is 5. The molecule has 0 aliphatic rings. The lowest BCUT2D eigenvalue weighted by Gasteiger charge is -2.25. The summed E-state index contributed by atoms with van der Waals surface area (Å²) in [5.41, 5.74) is 4.94. The number of hydrogen-bond acceptors (Lipinski definition) is 9. The van der Waals surface area contributed by atoms with E-state index in [1.165, 1.54) is 0 Å². The van der Waals surface area contributed by atoms with Gasteiger partial charge >= 0.3 is 0 Å². The summed E-state index contributed by atoms with van der Waals surface area (Å²) in [4.78, 5) is 19.7. The van der Waals surface area contributed by atoms with Gasteiger partial charge in [-0.25, -0.2) is 9.37 Å². The minimum Gasteiger partial charge on any atom is -0.491 e. The van der Waals surface area contributed by atoms with Crippen LogP contribution in [-0.2, 0) is 9.53 Å². The molecule has 1 amide bonds. The lowest BCUT2D eigenvalue weighted by molar-refractivity contribution is -0.133. The summed E-state index contributed by atoms with van der Waals surface area (Å²) < 4.78 is 24.8. The third-order valence-corrected chi connectivity index (χ3v) is 4.81. The van der Waals surface area contributed by atoms with Crippen LogP contribution < -0.4 is 26.4 Å². The van der Waals surface area contributed by atoms with Gasteiger partial charge in [-0.2, -0.15) is 4.98 Å². The number of nitrogens with one attached hydrogen (secondary N) is 3. The molecule has 3 aromatic rings. The number of benzene rings is 2. The van der Waals surface area contributed by atoms with Crippen molar-refractivity contribution >= 4 is 34.7 Å². The molecule has 0 aliphatic carbocycles. The quantitative estimate of drug-likeness (QED) is 0.199. The summed E-state index contributed by atoms with van der Waals surface area (Å²) in [6.45, 7) is 2.55. The third kappa shape index (κ3) is 6.53. The van der Waals surface area contributed by atoms with Crippen molar-refractivity contribution in [2.75, 3.05) is 36.3 Å². The number of ether oxygens (including phenoxy) is 2. The maximum atomic E-state index is 14.4. The molecule has 0 saturated carbocycles. The minimum absolute atomic E-state index is 0.0603. The van der Waals surface area contributed by atoms with E-state index in [1.54, 1.807) is 62.6 Å². The van der Waals surface area contributed by atoms with Crippen LogP contribution in [0.25, 0.3) is 0 Å². The lowest BCUT2D eigenvalue weighted by Crippen LogP contribution is -2.49. The van der Waals surface area contributed by atoms with Gasteiger partial charge in [-0.05, 0) is 42.5 Å². The average Bonchev–Trinajstić information content (AvgIpc) is 2.82. The van der Waals surface area contributed by atoms with Crippen LogP contribution in [0.2, 0.25) is 0 Å². The van der Waals surface area contributed by atoms with Crippen LogP contribution >= 0.6 is 0 Å². The predicted molar refractivity (Wildman–Crippen MR) is 127 cm³/mol. The molecule has 10 nitrogen and oxygen atoms in total. The Morgan fingerprint density at radius 3 is 2.53 bits per heavy atom. The molecule has 11 heteroatoms. The van der Waals surface area contributed by atoms with Crippen molar-refractivity contribution in [2.45, 2.75) is 19.1 Å². The molecule has 180 valence electrons. The summed E-state index contributed by atoms with van der Waals surface area (Å²) in [5, 5.41) is 18.9. The number of rotatable bonds is 12. The Labute approximate surface area is 196 Å². The number of carbonyl (C=O) groups is 1.